The molecule has 1 unspecified atom stereocenters. The van der Waals surface area contributed by atoms with E-state index in [2.05, 4.69) is 15.9 Å². The van der Waals surface area contributed by atoms with E-state index in [1.165, 1.54) is 31.4 Å². The third-order valence-corrected chi connectivity index (χ3v) is 3.47. The van der Waals surface area contributed by atoms with E-state index < -0.39 is 15.6 Å². The fourth-order valence-electron chi connectivity index (χ4n) is 1.57. The largest absolute Gasteiger partial charge is 0.497 e. The zero-order valence-corrected chi connectivity index (χ0v) is 11.4. The summed E-state index contributed by atoms with van der Waals surface area (Å²) in [5.41, 5.74) is 0.310. The van der Waals surface area contributed by atoms with Crippen LogP contribution in [0.3, 0.4) is 0 Å². The van der Waals surface area contributed by atoms with Gasteiger partial charge >= 0.3 is 5.88 Å². The molecule has 0 radical (unpaired) electrons. The first-order valence-electron chi connectivity index (χ1n) is 5.24. The molecule has 0 aliphatic heterocycles. The smallest absolute Gasteiger partial charge is 0.433 e. The molecule has 0 spiro atoms. The second kappa shape index (κ2) is 5.40. The van der Waals surface area contributed by atoms with Crippen molar-refractivity contribution in [2.45, 2.75) is 4.83 Å². The van der Waals surface area contributed by atoms with Crippen molar-refractivity contribution in [2.75, 3.05) is 7.11 Å². The van der Waals surface area contributed by atoms with Crippen LogP contribution in [0.5, 0.6) is 5.75 Å². The first-order valence-corrected chi connectivity index (χ1v) is 6.16. The van der Waals surface area contributed by atoms with Gasteiger partial charge in [-0.1, -0.05) is 22.0 Å². The maximum absolute atomic E-state index is 13.9. The molecular weight excluding hydrogens is 321 g/mol. The molecule has 0 bridgehead atoms. The van der Waals surface area contributed by atoms with Crippen LogP contribution in [0.4, 0.5) is 10.3 Å². The third kappa shape index (κ3) is 2.76. The molecule has 0 aliphatic rings. The van der Waals surface area contributed by atoms with Gasteiger partial charge in [-0.25, -0.2) is 4.39 Å². The Labute approximate surface area is 116 Å². The molecular formula is C12H9BrFNO4. The lowest BCUT2D eigenvalue weighted by molar-refractivity contribution is -0.402. The Morgan fingerprint density at radius 2 is 2.16 bits per heavy atom. The molecule has 0 saturated heterocycles. The zero-order valence-electron chi connectivity index (χ0n) is 9.80. The summed E-state index contributed by atoms with van der Waals surface area (Å²) in [4.78, 5) is 9.28. The molecule has 0 N–H and O–H groups in total. The molecule has 2 rings (SSSR count). The Morgan fingerprint density at radius 1 is 1.42 bits per heavy atom. The molecule has 7 heteroatoms. The Hall–Kier alpha value is -1.89. The number of nitro groups is 1. The van der Waals surface area contributed by atoms with Gasteiger partial charge in [0.05, 0.1) is 13.2 Å². The predicted molar refractivity (Wildman–Crippen MR) is 69.1 cm³/mol. The van der Waals surface area contributed by atoms with Crippen molar-refractivity contribution in [1.29, 1.82) is 0 Å². The van der Waals surface area contributed by atoms with E-state index >= 15 is 0 Å². The van der Waals surface area contributed by atoms with Gasteiger partial charge in [0.25, 0.3) is 0 Å². The molecule has 1 atom stereocenters. The van der Waals surface area contributed by atoms with Crippen molar-refractivity contribution in [3.8, 4) is 5.75 Å². The SMILES string of the molecule is COc1ccc(C(Br)c2ccc([N+](=O)[O-])o2)c(F)c1. The number of halogens is 2. The van der Waals surface area contributed by atoms with Crippen LogP contribution < -0.4 is 4.74 Å². The van der Waals surface area contributed by atoms with Crippen molar-refractivity contribution in [3.05, 3.63) is 57.6 Å². The number of hydrogen-bond donors (Lipinski definition) is 0. The highest BCUT2D eigenvalue weighted by Crippen LogP contribution is 2.35. The number of benzene rings is 1. The highest BCUT2D eigenvalue weighted by molar-refractivity contribution is 9.09. The lowest BCUT2D eigenvalue weighted by Gasteiger charge is -2.09. The molecule has 1 aromatic carbocycles. The lowest BCUT2D eigenvalue weighted by Crippen LogP contribution is -1.96. The summed E-state index contributed by atoms with van der Waals surface area (Å²) in [6, 6.07) is 7.03. The van der Waals surface area contributed by atoms with Crippen molar-refractivity contribution in [3.63, 3.8) is 0 Å². The number of alkyl halides is 1. The van der Waals surface area contributed by atoms with Crippen LogP contribution in [0.25, 0.3) is 0 Å². The van der Waals surface area contributed by atoms with Crippen LogP contribution in [-0.4, -0.2) is 12.0 Å². The number of ether oxygens (including phenoxy) is 1. The fourth-order valence-corrected chi connectivity index (χ4v) is 2.19. The van der Waals surface area contributed by atoms with Crippen molar-refractivity contribution < 1.29 is 18.5 Å². The van der Waals surface area contributed by atoms with E-state index in [0.717, 1.165) is 0 Å². The average Bonchev–Trinajstić information content (AvgIpc) is 2.87. The summed E-state index contributed by atoms with van der Waals surface area (Å²) in [6.45, 7) is 0. The molecule has 100 valence electrons. The number of rotatable bonds is 4. The predicted octanol–water partition coefficient (Wildman–Crippen LogP) is 3.82. The van der Waals surface area contributed by atoms with Gasteiger partial charge in [0, 0.05) is 11.6 Å². The maximum atomic E-state index is 13.9. The second-order valence-electron chi connectivity index (χ2n) is 3.68. The first-order chi connectivity index (χ1) is 9.02. The standard InChI is InChI=1S/C12H9BrFNO4/c1-18-7-2-3-8(9(14)6-7)12(13)10-4-5-11(19-10)15(16)17/h2-6,12H,1H3. The molecule has 0 amide bonds. The van der Waals surface area contributed by atoms with Gasteiger partial charge in [0.15, 0.2) is 0 Å². The van der Waals surface area contributed by atoms with Gasteiger partial charge in [-0.15, -0.1) is 0 Å². The Kier molecular flexibility index (Phi) is 3.84. The van der Waals surface area contributed by atoms with Gasteiger partial charge in [0.2, 0.25) is 0 Å². The van der Waals surface area contributed by atoms with Crippen LogP contribution >= 0.6 is 15.9 Å². The summed E-state index contributed by atoms with van der Waals surface area (Å²) >= 11 is 3.26. The Balaban J connectivity index is 2.32. The Morgan fingerprint density at radius 3 is 2.68 bits per heavy atom. The van der Waals surface area contributed by atoms with Crippen molar-refractivity contribution in [2.24, 2.45) is 0 Å². The van der Waals surface area contributed by atoms with Crippen LogP contribution in [-0.2, 0) is 0 Å². The van der Waals surface area contributed by atoms with Gasteiger partial charge in [-0.05, 0) is 12.1 Å². The van der Waals surface area contributed by atoms with Gasteiger partial charge in [0.1, 0.15) is 27.1 Å². The first kappa shape index (κ1) is 13.5. The average molecular weight is 330 g/mol. The summed E-state index contributed by atoms with van der Waals surface area (Å²) in [6.07, 6.45) is 0. The monoisotopic (exact) mass is 329 g/mol. The number of hydrogen-bond acceptors (Lipinski definition) is 4. The molecule has 5 nitrogen and oxygen atoms in total. The number of nitrogens with zero attached hydrogens (tertiary/aromatic N) is 1. The minimum absolute atomic E-state index is 0.260. The van der Waals surface area contributed by atoms with Crippen molar-refractivity contribution >= 4 is 21.8 Å². The molecule has 2 aromatic rings. The van der Waals surface area contributed by atoms with E-state index in [0.29, 0.717) is 11.3 Å². The summed E-state index contributed by atoms with van der Waals surface area (Å²) < 4.78 is 23.8. The molecule has 1 heterocycles. The summed E-state index contributed by atoms with van der Waals surface area (Å²) in [5, 5.41) is 10.5. The maximum Gasteiger partial charge on any atom is 0.433 e. The van der Waals surface area contributed by atoms with Gasteiger partial charge in [-0.2, -0.15) is 0 Å². The minimum atomic E-state index is -0.645. The van der Waals surface area contributed by atoms with Crippen molar-refractivity contribution in [1.82, 2.24) is 0 Å². The van der Waals surface area contributed by atoms with Crippen LogP contribution in [0.2, 0.25) is 0 Å². The topological polar surface area (TPSA) is 65.5 Å². The molecule has 0 saturated carbocycles. The van der Waals surface area contributed by atoms with Crippen LogP contribution in [0.1, 0.15) is 16.2 Å². The van der Waals surface area contributed by atoms with Crippen LogP contribution in [0, 0.1) is 15.9 Å². The Bertz CT molecular complexity index is 614. The van der Waals surface area contributed by atoms with E-state index in [-0.39, 0.29) is 11.6 Å². The second-order valence-corrected chi connectivity index (χ2v) is 4.60. The van der Waals surface area contributed by atoms with Gasteiger partial charge < -0.3 is 9.15 Å². The fraction of sp³-hybridized carbons (Fsp3) is 0.167. The third-order valence-electron chi connectivity index (χ3n) is 2.52. The quantitative estimate of drug-likeness (QED) is 0.486. The van der Waals surface area contributed by atoms with E-state index in [1.54, 1.807) is 6.07 Å². The van der Waals surface area contributed by atoms with Crippen LogP contribution in [0.15, 0.2) is 34.7 Å². The normalized spacial score (nSPS) is 12.2. The van der Waals surface area contributed by atoms with E-state index in [1.807, 2.05) is 0 Å². The highest BCUT2D eigenvalue weighted by Gasteiger charge is 2.21. The minimum Gasteiger partial charge on any atom is -0.497 e. The molecule has 19 heavy (non-hydrogen) atoms. The van der Waals surface area contributed by atoms with E-state index in [9.17, 15) is 14.5 Å². The summed E-state index contributed by atoms with van der Waals surface area (Å²) in [5.74, 6) is -0.212. The lowest BCUT2D eigenvalue weighted by atomic mass is 10.1. The van der Waals surface area contributed by atoms with Gasteiger partial charge in [-0.3, -0.25) is 10.1 Å². The molecule has 1 aromatic heterocycles. The summed E-state index contributed by atoms with van der Waals surface area (Å²) in [7, 11) is 1.44. The molecule has 0 fully saturated rings. The zero-order chi connectivity index (χ0) is 14.0. The molecule has 0 aliphatic carbocycles. The number of methoxy groups -OCH3 is 1. The number of furan rings is 1. The highest BCUT2D eigenvalue weighted by atomic mass is 79.9. The van der Waals surface area contributed by atoms with E-state index in [4.69, 9.17) is 9.15 Å².